The molecule has 0 saturated carbocycles. The minimum absolute atomic E-state index is 0.801. The highest BCUT2D eigenvalue weighted by molar-refractivity contribution is 5.39. The first-order valence-corrected chi connectivity index (χ1v) is 6.05. The van der Waals surface area contributed by atoms with Crippen molar-refractivity contribution in [2.24, 2.45) is 10.3 Å². The van der Waals surface area contributed by atoms with Crippen molar-refractivity contribution in [1.29, 1.82) is 0 Å². The largest absolute Gasteiger partial charge is 0.386 e. The van der Waals surface area contributed by atoms with Crippen molar-refractivity contribution in [1.82, 2.24) is 5.01 Å². The highest BCUT2D eigenvalue weighted by atomic mass is 16.3. The standard InChI is InChI=1S/C13H19N3O/c1-13(2,17)11-5-7-12(8-6-11)14-15-16-9-3-4-10-16/h5-8,17H,3-4,9-10H2,1-2H3. The number of nitrogens with zero attached hydrogens (tertiary/aromatic N) is 3. The Morgan fingerprint density at radius 1 is 1.12 bits per heavy atom. The summed E-state index contributed by atoms with van der Waals surface area (Å²) >= 11 is 0. The Labute approximate surface area is 102 Å². The third-order valence-corrected chi connectivity index (χ3v) is 2.94. The monoisotopic (exact) mass is 233 g/mol. The van der Waals surface area contributed by atoms with E-state index in [0.717, 1.165) is 24.3 Å². The van der Waals surface area contributed by atoms with Crippen LogP contribution in [-0.4, -0.2) is 23.2 Å². The molecule has 1 heterocycles. The lowest BCUT2D eigenvalue weighted by Gasteiger charge is -2.17. The summed E-state index contributed by atoms with van der Waals surface area (Å²) in [4.78, 5) is 0. The number of hydrogen-bond acceptors (Lipinski definition) is 3. The maximum absolute atomic E-state index is 9.82. The maximum atomic E-state index is 9.82. The van der Waals surface area contributed by atoms with Gasteiger partial charge in [-0.1, -0.05) is 17.4 Å². The van der Waals surface area contributed by atoms with Gasteiger partial charge in [0.2, 0.25) is 0 Å². The van der Waals surface area contributed by atoms with E-state index in [1.165, 1.54) is 12.8 Å². The maximum Gasteiger partial charge on any atom is 0.0874 e. The normalized spacial score (nSPS) is 17.0. The Hall–Kier alpha value is -1.42. The van der Waals surface area contributed by atoms with E-state index < -0.39 is 5.60 Å². The summed E-state index contributed by atoms with van der Waals surface area (Å²) < 4.78 is 0. The van der Waals surface area contributed by atoms with Crippen molar-refractivity contribution in [2.45, 2.75) is 32.3 Å². The molecule has 1 aliphatic heterocycles. The first kappa shape index (κ1) is 12.0. The second-order valence-electron chi connectivity index (χ2n) is 4.96. The molecule has 1 aromatic carbocycles. The lowest BCUT2D eigenvalue weighted by molar-refractivity contribution is 0.0786. The molecule has 1 N–H and O–H groups in total. The van der Waals surface area contributed by atoms with Crippen molar-refractivity contribution in [3.8, 4) is 0 Å². The molecule has 4 nitrogen and oxygen atoms in total. The zero-order valence-corrected chi connectivity index (χ0v) is 10.4. The molecule has 2 rings (SSSR count). The van der Waals surface area contributed by atoms with Crippen LogP contribution < -0.4 is 0 Å². The average Bonchev–Trinajstić information content (AvgIpc) is 2.78. The predicted octanol–water partition coefficient (Wildman–Crippen LogP) is 3.01. The Morgan fingerprint density at radius 3 is 2.24 bits per heavy atom. The van der Waals surface area contributed by atoms with Crippen molar-refractivity contribution < 1.29 is 5.11 Å². The van der Waals surface area contributed by atoms with Gasteiger partial charge >= 0.3 is 0 Å². The molecular formula is C13H19N3O. The summed E-state index contributed by atoms with van der Waals surface area (Å²) in [6.07, 6.45) is 2.41. The molecule has 0 spiro atoms. The van der Waals surface area contributed by atoms with Gasteiger partial charge in [-0.3, -0.25) is 5.01 Å². The highest BCUT2D eigenvalue weighted by Gasteiger charge is 2.15. The van der Waals surface area contributed by atoms with Gasteiger partial charge in [-0.15, -0.1) is 5.11 Å². The summed E-state index contributed by atoms with van der Waals surface area (Å²) in [7, 11) is 0. The lowest BCUT2D eigenvalue weighted by atomic mass is 9.98. The van der Waals surface area contributed by atoms with Crippen LogP contribution >= 0.6 is 0 Å². The topological polar surface area (TPSA) is 48.2 Å². The molecule has 0 bridgehead atoms. The predicted molar refractivity (Wildman–Crippen MR) is 67.0 cm³/mol. The van der Waals surface area contributed by atoms with Crippen LogP contribution in [0.4, 0.5) is 5.69 Å². The molecule has 1 aliphatic rings. The number of benzene rings is 1. The van der Waals surface area contributed by atoms with Crippen molar-refractivity contribution in [2.75, 3.05) is 13.1 Å². The molecule has 17 heavy (non-hydrogen) atoms. The Morgan fingerprint density at radius 2 is 1.71 bits per heavy atom. The molecule has 0 aromatic heterocycles. The number of aliphatic hydroxyl groups is 1. The van der Waals surface area contributed by atoms with E-state index in [-0.39, 0.29) is 0 Å². The number of hydrogen-bond donors (Lipinski definition) is 1. The quantitative estimate of drug-likeness (QED) is 0.816. The molecule has 92 valence electrons. The molecule has 1 aromatic rings. The molecule has 1 fully saturated rings. The highest BCUT2D eigenvalue weighted by Crippen LogP contribution is 2.23. The van der Waals surface area contributed by atoms with E-state index in [2.05, 4.69) is 10.3 Å². The van der Waals surface area contributed by atoms with Gasteiger partial charge in [0.05, 0.1) is 11.3 Å². The van der Waals surface area contributed by atoms with E-state index in [4.69, 9.17) is 0 Å². The first-order valence-electron chi connectivity index (χ1n) is 6.05. The average molecular weight is 233 g/mol. The third kappa shape index (κ3) is 3.27. The minimum Gasteiger partial charge on any atom is -0.386 e. The Balaban J connectivity index is 2.02. The summed E-state index contributed by atoms with van der Waals surface area (Å²) in [5.41, 5.74) is 0.910. The second-order valence-corrected chi connectivity index (χ2v) is 4.96. The Kier molecular flexibility index (Phi) is 3.43. The second kappa shape index (κ2) is 4.84. The van der Waals surface area contributed by atoms with Crippen molar-refractivity contribution in [3.05, 3.63) is 29.8 Å². The van der Waals surface area contributed by atoms with E-state index in [1.54, 1.807) is 13.8 Å². The molecule has 0 amide bonds. The van der Waals surface area contributed by atoms with E-state index >= 15 is 0 Å². The molecule has 4 heteroatoms. The SMILES string of the molecule is CC(C)(O)c1ccc(N=NN2CCCC2)cc1. The van der Waals surface area contributed by atoms with Crippen LogP contribution in [0, 0.1) is 0 Å². The van der Waals surface area contributed by atoms with E-state index in [0.29, 0.717) is 0 Å². The number of rotatable bonds is 3. The van der Waals surface area contributed by atoms with Gasteiger partial charge in [0.1, 0.15) is 0 Å². The summed E-state index contributed by atoms with van der Waals surface area (Å²) in [5.74, 6) is 0. The molecule has 1 saturated heterocycles. The molecular weight excluding hydrogens is 214 g/mol. The fourth-order valence-electron chi connectivity index (χ4n) is 1.84. The molecule has 0 aliphatic carbocycles. The van der Waals surface area contributed by atoms with E-state index in [9.17, 15) is 5.11 Å². The van der Waals surface area contributed by atoms with Gasteiger partial charge in [-0.2, -0.15) is 0 Å². The van der Waals surface area contributed by atoms with Gasteiger partial charge in [-0.25, -0.2) is 0 Å². The zero-order valence-electron chi connectivity index (χ0n) is 10.4. The fourth-order valence-corrected chi connectivity index (χ4v) is 1.84. The molecule has 0 unspecified atom stereocenters. The van der Waals surface area contributed by atoms with Crippen LogP contribution in [0.1, 0.15) is 32.3 Å². The van der Waals surface area contributed by atoms with E-state index in [1.807, 2.05) is 29.3 Å². The van der Waals surface area contributed by atoms with Crippen LogP contribution in [-0.2, 0) is 5.60 Å². The third-order valence-electron chi connectivity index (χ3n) is 2.94. The molecule has 0 radical (unpaired) electrons. The van der Waals surface area contributed by atoms with Gasteiger partial charge < -0.3 is 5.11 Å². The van der Waals surface area contributed by atoms with Crippen LogP contribution in [0.3, 0.4) is 0 Å². The Bertz CT molecular complexity index is 386. The fraction of sp³-hybridized carbons (Fsp3) is 0.538. The van der Waals surface area contributed by atoms with Gasteiger partial charge in [0.15, 0.2) is 0 Å². The summed E-state index contributed by atoms with van der Waals surface area (Å²) in [6.45, 7) is 5.55. The van der Waals surface area contributed by atoms with Crippen LogP contribution in [0.15, 0.2) is 34.6 Å². The van der Waals surface area contributed by atoms with Crippen LogP contribution in [0.2, 0.25) is 0 Å². The van der Waals surface area contributed by atoms with Crippen molar-refractivity contribution >= 4 is 5.69 Å². The lowest BCUT2D eigenvalue weighted by Crippen LogP contribution is -2.14. The zero-order chi connectivity index (χ0) is 12.3. The summed E-state index contributed by atoms with van der Waals surface area (Å²) in [6, 6.07) is 7.54. The minimum atomic E-state index is -0.801. The van der Waals surface area contributed by atoms with Gasteiger partial charge in [0, 0.05) is 13.1 Å². The van der Waals surface area contributed by atoms with Crippen LogP contribution in [0.25, 0.3) is 0 Å². The van der Waals surface area contributed by atoms with Crippen molar-refractivity contribution in [3.63, 3.8) is 0 Å². The van der Waals surface area contributed by atoms with Gasteiger partial charge in [0.25, 0.3) is 0 Å². The molecule has 0 atom stereocenters. The first-order chi connectivity index (χ1) is 8.05. The smallest absolute Gasteiger partial charge is 0.0874 e. The van der Waals surface area contributed by atoms with Crippen LogP contribution in [0.5, 0.6) is 0 Å². The van der Waals surface area contributed by atoms with Gasteiger partial charge in [-0.05, 0) is 44.4 Å². The summed E-state index contributed by atoms with van der Waals surface area (Å²) in [5, 5.41) is 20.2.